The zero-order valence-electron chi connectivity index (χ0n) is 16.6. The minimum atomic E-state index is -0.408. The van der Waals surface area contributed by atoms with Crippen molar-refractivity contribution in [3.63, 3.8) is 0 Å². The number of aromatic nitrogens is 2. The first-order valence-corrected chi connectivity index (χ1v) is 10.4. The van der Waals surface area contributed by atoms with Gasteiger partial charge in [0.2, 0.25) is 0 Å². The second kappa shape index (κ2) is 7.48. The van der Waals surface area contributed by atoms with E-state index in [0.29, 0.717) is 22.5 Å². The van der Waals surface area contributed by atoms with E-state index in [1.165, 1.54) is 4.68 Å². The SMILES string of the molecule is Cn1nc(C(=O)N2C(=NCc3ccccc3)SCC2(C)C)c2ccccc2c1=O. The van der Waals surface area contributed by atoms with Gasteiger partial charge >= 0.3 is 0 Å². The van der Waals surface area contributed by atoms with Crippen LogP contribution in [-0.2, 0) is 13.6 Å². The van der Waals surface area contributed by atoms with Gasteiger partial charge in [0.05, 0.1) is 17.5 Å². The maximum Gasteiger partial charge on any atom is 0.281 e. The summed E-state index contributed by atoms with van der Waals surface area (Å²) in [6.07, 6.45) is 0. The molecule has 0 spiro atoms. The van der Waals surface area contributed by atoms with E-state index in [9.17, 15) is 9.59 Å². The molecule has 2 aromatic carbocycles. The number of aliphatic imine (C=N–C) groups is 1. The smallest absolute Gasteiger partial charge is 0.280 e. The molecule has 0 unspecified atom stereocenters. The van der Waals surface area contributed by atoms with Gasteiger partial charge in [-0.25, -0.2) is 4.68 Å². The molecule has 0 atom stereocenters. The number of carbonyl (C=O) groups is 1. The highest BCUT2D eigenvalue weighted by Crippen LogP contribution is 2.34. The molecule has 1 aliphatic heterocycles. The topological polar surface area (TPSA) is 67.6 Å². The number of hydrogen-bond donors (Lipinski definition) is 0. The molecule has 1 aliphatic rings. The first kappa shape index (κ1) is 19.4. The second-order valence-electron chi connectivity index (χ2n) is 7.65. The number of nitrogens with zero attached hydrogens (tertiary/aromatic N) is 4. The minimum Gasteiger partial charge on any atom is -0.280 e. The van der Waals surface area contributed by atoms with Crippen molar-refractivity contribution in [3.8, 4) is 0 Å². The van der Waals surface area contributed by atoms with Crippen LogP contribution < -0.4 is 5.56 Å². The number of rotatable bonds is 3. The molecule has 3 aromatic rings. The summed E-state index contributed by atoms with van der Waals surface area (Å²) in [5, 5.41) is 6.05. The van der Waals surface area contributed by atoms with Crippen LogP contribution >= 0.6 is 11.8 Å². The standard InChI is InChI=1S/C22H22N4O2S/c1-22(2)14-29-21(23-13-15-9-5-4-6-10-15)26(22)20(28)18-16-11-7-8-12-17(16)19(27)25(3)24-18/h4-12H,13-14H2,1-3H3. The Morgan fingerprint density at radius 3 is 2.48 bits per heavy atom. The van der Waals surface area contributed by atoms with Crippen LogP contribution in [-0.4, -0.2) is 37.0 Å². The molecule has 29 heavy (non-hydrogen) atoms. The van der Waals surface area contributed by atoms with E-state index in [1.807, 2.05) is 50.2 Å². The summed E-state index contributed by atoms with van der Waals surface area (Å²) in [6.45, 7) is 4.55. The lowest BCUT2D eigenvalue weighted by atomic mass is 10.0. The maximum atomic E-state index is 13.6. The maximum absolute atomic E-state index is 13.6. The zero-order valence-corrected chi connectivity index (χ0v) is 17.4. The van der Waals surface area contributed by atoms with Crippen molar-refractivity contribution in [2.45, 2.75) is 25.9 Å². The number of benzene rings is 2. The molecule has 0 saturated carbocycles. The lowest BCUT2D eigenvalue weighted by molar-refractivity contribution is 0.0760. The van der Waals surface area contributed by atoms with Crippen LogP contribution in [0.3, 0.4) is 0 Å². The molecule has 0 aliphatic carbocycles. The van der Waals surface area contributed by atoms with Crippen LogP contribution in [0.25, 0.3) is 10.8 Å². The third-order valence-corrected chi connectivity index (χ3v) is 6.37. The Bertz CT molecular complexity index is 1170. The normalized spacial score (nSPS) is 17.2. The van der Waals surface area contributed by atoms with Crippen molar-refractivity contribution in [1.82, 2.24) is 14.7 Å². The predicted molar refractivity (Wildman–Crippen MR) is 117 cm³/mol. The van der Waals surface area contributed by atoms with Gasteiger partial charge in [0, 0.05) is 18.2 Å². The van der Waals surface area contributed by atoms with Crippen LogP contribution in [0.2, 0.25) is 0 Å². The average Bonchev–Trinajstić information content (AvgIpc) is 3.03. The van der Waals surface area contributed by atoms with Gasteiger partial charge in [-0.3, -0.25) is 19.5 Å². The van der Waals surface area contributed by atoms with Crippen LogP contribution in [0.4, 0.5) is 0 Å². The Hall–Kier alpha value is -2.93. The molecule has 0 bridgehead atoms. The van der Waals surface area contributed by atoms with E-state index >= 15 is 0 Å². The van der Waals surface area contributed by atoms with E-state index in [-0.39, 0.29) is 17.2 Å². The van der Waals surface area contributed by atoms with Crippen LogP contribution in [0.15, 0.2) is 64.4 Å². The van der Waals surface area contributed by atoms with Crippen molar-refractivity contribution in [2.24, 2.45) is 12.0 Å². The van der Waals surface area contributed by atoms with Gasteiger partial charge in [-0.05, 0) is 25.5 Å². The highest BCUT2D eigenvalue weighted by molar-refractivity contribution is 8.14. The van der Waals surface area contributed by atoms with Crippen LogP contribution in [0, 0.1) is 0 Å². The van der Waals surface area contributed by atoms with Gasteiger partial charge < -0.3 is 0 Å². The fraction of sp³-hybridized carbons (Fsp3) is 0.273. The molecular formula is C22H22N4O2S. The van der Waals surface area contributed by atoms with Crippen LogP contribution in [0.5, 0.6) is 0 Å². The first-order chi connectivity index (χ1) is 13.9. The van der Waals surface area contributed by atoms with E-state index < -0.39 is 5.54 Å². The van der Waals surface area contributed by atoms with Crippen molar-refractivity contribution >= 4 is 33.6 Å². The fourth-order valence-electron chi connectivity index (χ4n) is 3.41. The Kier molecular flexibility index (Phi) is 5.00. The summed E-state index contributed by atoms with van der Waals surface area (Å²) in [6, 6.07) is 17.1. The molecule has 1 amide bonds. The number of hydrogen-bond acceptors (Lipinski definition) is 5. The molecule has 1 aromatic heterocycles. The molecule has 4 rings (SSSR count). The van der Waals surface area contributed by atoms with Crippen molar-refractivity contribution < 1.29 is 4.79 Å². The number of carbonyl (C=O) groups excluding carboxylic acids is 1. The first-order valence-electron chi connectivity index (χ1n) is 9.40. The van der Waals surface area contributed by atoms with Gasteiger partial charge in [-0.2, -0.15) is 5.10 Å². The summed E-state index contributed by atoms with van der Waals surface area (Å²) < 4.78 is 1.23. The number of amidine groups is 1. The van der Waals surface area contributed by atoms with E-state index in [0.717, 1.165) is 11.3 Å². The highest BCUT2D eigenvalue weighted by Gasteiger charge is 2.42. The lowest BCUT2D eigenvalue weighted by Crippen LogP contribution is -2.47. The molecule has 0 N–H and O–H groups in total. The molecule has 1 fully saturated rings. The zero-order chi connectivity index (χ0) is 20.6. The van der Waals surface area contributed by atoms with Gasteiger partial charge in [0.25, 0.3) is 11.5 Å². The summed E-state index contributed by atoms with van der Waals surface area (Å²) in [5.74, 6) is 0.509. The molecule has 1 saturated heterocycles. The van der Waals surface area contributed by atoms with Crippen LogP contribution in [0.1, 0.15) is 29.9 Å². The molecule has 6 nitrogen and oxygen atoms in total. The van der Waals surface area contributed by atoms with E-state index in [2.05, 4.69) is 5.10 Å². The monoisotopic (exact) mass is 406 g/mol. The van der Waals surface area contributed by atoms with Crippen molar-refractivity contribution in [2.75, 3.05) is 5.75 Å². The molecule has 148 valence electrons. The van der Waals surface area contributed by atoms with Crippen molar-refractivity contribution in [3.05, 3.63) is 76.2 Å². The van der Waals surface area contributed by atoms with Crippen molar-refractivity contribution in [1.29, 1.82) is 0 Å². The van der Waals surface area contributed by atoms with Gasteiger partial charge in [-0.1, -0.05) is 60.3 Å². The van der Waals surface area contributed by atoms with E-state index in [4.69, 9.17) is 4.99 Å². The van der Waals surface area contributed by atoms with Gasteiger partial charge in [0.15, 0.2) is 10.9 Å². The third kappa shape index (κ3) is 3.58. The Morgan fingerprint density at radius 2 is 1.76 bits per heavy atom. The number of aryl methyl sites for hydroxylation is 1. The van der Waals surface area contributed by atoms with Gasteiger partial charge in [0.1, 0.15) is 0 Å². The lowest BCUT2D eigenvalue weighted by Gasteiger charge is -2.30. The number of thioether (sulfide) groups is 1. The summed E-state index contributed by atoms with van der Waals surface area (Å²) in [5.41, 5.74) is 0.730. The Morgan fingerprint density at radius 1 is 1.10 bits per heavy atom. The largest absolute Gasteiger partial charge is 0.281 e. The summed E-state index contributed by atoms with van der Waals surface area (Å²) in [7, 11) is 1.57. The Labute approximate surface area is 173 Å². The fourth-order valence-corrected chi connectivity index (χ4v) is 4.64. The summed E-state index contributed by atoms with van der Waals surface area (Å²) >= 11 is 1.57. The van der Waals surface area contributed by atoms with Gasteiger partial charge in [-0.15, -0.1) is 0 Å². The molecule has 0 radical (unpaired) electrons. The quantitative estimate of drug-likeness (QED) is 0.668. The third-order valence-electron chi connectivity index (χ3n) is 4.95. The summed E-state index contributed by atoms with van der Waals surface area (Å²) in [4.78, 5) is 32.5. The number of fused-ring (bicyclic) bond motifs is 1. The average molecular weight is 407 g/mol. The highest BCUT2D eigenvalue weighted by atomic mass is 32.2. The second-order valence-corrected chi connectivity index (χ2v) is 8.59. The predicted octanol–water partition coefficient (Wildman–Crippen LogP) is 3.46. The Balaban J connectivity index is 1.77. The molecule has 7 heteroatoms. The minimum absolute atomic E-state index is 0.217. The van der Waals surface area contributed by atoms with E-state index in [1.54, 1.807) is 41.9 Å². The molecule has 2 heterocycles. The molecular weight excluding hydrogens is 384 g/mol. The number of amides is 1.